The van der Waals surface area contributed by atoms with Gasteiger partial charge in [-0.05, 0) is 12.1 Å². The Morgan fingerprint density at radius 1 is 0.722 bits per heavy atom. The summed E-state index contributed by atoms with van der Waals surface area (Å²) in [7, 11) is -2.71. The highest BCUT2D eigenvalue weighted by Gasteiger charge is 2.09. The fourth-order valence-corrected chi connectivity index (χ4v) is 2.09. The molecule has 0 aliphatic heterocycles. The van der Waals surface area contributed by atoms with E-state index in [1.807, 2.05) is 12.1 Å². The molecule has 0 heterocycles. The van der Waals surface area contributed by atoms with Crippen molar-refractivity contribution in [3.05, 3.63) is 35.4 Å². The van der Waals surface area contributed by atoms with E-state index >= 15 is 0 Å². The minimum atomic E-state index is -1.36. The molecule has 2 heteroatoms. The fourth-order valence-electron chi connectivity index (χ4n) is 1.09. The Morgan fingerprint density at radius 3 is 1.33 bits per heavy atom. The first-order valence-electron chi connectivity index (χ1n) is 6.16. The van der Waals surface area contributed by atoms with Crippen LogP contribution in [0.15, 0.2) is 12.1 Å². The van der Waals surface area contributed by atoms with E-state index < -0.39 is 16.1 Å². The molecule has 0 spiro atoms. The molecule has 0 unspecified atom stereocenters. The topological polar surface area (TPSA) is 0 Å². The molecular weight excluding hydrogens is 248 g/mol. The van der Waals surface area contributed by atoms with Gasteiger partial charge in [0.05, 0.1) is 0 Å². The van der Waals surface area contributed by atoms with Crippen LogP contribution in [0.5, 0.6) is 0 Å². The lowest BCUT2D eigenvalue weighted by Crippen LogP contribution is -2.16. The number of hydrogen-bond donors (Lipinski definition) is 0. The Hall–Kier alpha value is -1.23. The van der Waals surface area contributed by atoms with Gasteiger partial charge in [-0.2, -0.15) is 0 Å². The van der Waals surface area contributed by atoms with Crippen LogP contribution in [0.25, 0.3) is 0 Å². The Kier molecular flexibility index (Phi) is 4.62. The predicted molar refractivity (Wildman–Crippen MR) is 84.6 cm³/mol. The zero-order chi connectivity index (χ0) is 13.8. The zero-order valence-electron chi connectivity index (χ0n) is 12.2. The van der Waals surface area contributed by atoms with Crippen molar-refractivity contribution in [1.29, 1.82) is 0 Å². The quantitative estimate of drug-likeness (QED) is 0.497. The molecule has 0 atom stereocenters. The van der Waals surface area contributed by atoms with Crippen LogP contribution in [0.4, 0.5) is 0 Å². The molecular formula is C16H20Si2. The lowest BCUT2D eigenvalue weighted by molar-refractivity contribution is 1.56. The first-order chi connectivity index (χ1) is 8.17. The molecule has 0 saturated carbocycles. The van der Waals surface area contributed by atoms with Crippen LogP contribution in [-0.4, -0.2) is 16.1 Å². The summed E-state index contributed by atoms with van der Waals surface area (Å²) >= 11 is 0. The van der Waals surface area contributed by atoms with Crippen molar-refractivity contribution in [2.75, 3.05) is 0 Å². The average Bonchev–Trinajstić information content (AvgIpc) is 2.22. The third kappa shape index (κ3) is 5.91. The maximum Gasteiger partial charge on any atom is 0.129 e. The van der Waals surface area contributed by atoms with Gasteiger partial charge >= 0.3 is 0 Å². The zero-order valence-corrected chi connectivity index (χ0v) is 14.2. The highest BCUT2D eigenvalue weighted by atomic mass is 28.3. The van der Waals surface area contributed by atoms with Gasteiger partial charge in [-0.25, -0.2) is 0 Å². The summed E-state index contributed by atoms with van der Waals surface area (Å²) in [4.78, 5) is 0. The smallest absolute Gasteiger partial charge is 0.127 e. The van der Waals surface area contributed by atoms with E-state index in [0.29, 0.717) is 0 Å². The molecule has 1 aromatic rings. The molecule has 0 aromatic heterocycles. The standard InChI is InChI=1S/C16H20Si2/c1-17(2,3)13-11-15-9-7-8-10-16(15)12-14-18(4,5)6/h7-8H,1-6H3. The second-order valence-corrected chi connectivity index (χ2v) is 15.9. The molecule has 1 aromatic carbocycles. The molecule has 2 radical (unpaired) electrons. The van der Waals surface area contributed by atoms with Gasteiger partial charge in [0.15, 0.2) is 0 Å². The lowest BCUT2D eigenvalue weighted by Gasteiger charge is -2.05. The van der Waals surface area contributed by atoms with Crippen molar-refractivity contribution in [3.8, 4) is 22.9 Å². The van der Waals surface area contributed by atoms with Crippen molar-refractivity contribution in [1.82, 2.24) is 0 Å². The molecule has 0 nitrogen and oxygen atoms in total. The monoisotopic (exact) mass is 268 g/mol. The van der Waals surface area contributed by atoms with Crippen molar-refractivity contribution in [3.63, 3.8) is 0 Å². The third-order valence-electron chi connectivity index (χ3n) is 1.91. The summed E-state index contributed by atoms with van der Waals surface area (Å²) in [6.07, 6.45) is 0. The van der Waals surface area contributed by atoms with Crippen LogP contribution >= 0.6 is 0 Å². The summed E-state index contributed by atoms with van der Waals surface area (Å²) in [6.45, 7) is 13.4. The maximum atomic E-state index is 3.36. The van der Waals surface area contributed by atoms with Gasteiger partial charge in [0.2, 0.25) is 0 Å². The molecule has 92 valence electrons. The van der Waals surface area contributed by atoms with Crippen LogP contribution < -0.4 is 0 Å². The number of rotatable bonds is 0. The second-order valence-electron chi connectivity index (χ2n) is 6.37. The van der Waals surface area contributed by atoms with E-state index in [4.69, 9.17) is 0 Å². The summed E-state index contributed by atoms with van der Waals surface area (Å²) < 4.78 is 0. The largest absolute Gasteiger partial charge is 0.129 e. The van der Waals surface area contributed by atoms with Crippen molar-refractivity contribution < 1.29 is 0 Å². The molecule has 0 aliphatic carbocycles. The van der Waals surface area contributed by atoms with Gasteiger partial charge in [-0.15, -0.1) is 11.1 Å². The second kappa shape index (κ2) is 5.61. The number of benzene rings is 1. The van der Waals surface area contributed by atoms with Crippen molar-refractivity contribution >= 4 is 16.1 Å². The molecule has 0 fully saturated rings. The predicted octanol–water partition coefficient (Wildman–Crippen LogP) is 3.74. The van der Waals surface area contributed by atoms with Crippen LogP contribution in [0, 0.1) is 35.1 Å². The summed E-state index contributed by atoms with van der Waals surface area (Å²) in [5.41, 5.74) is 8.50. The molecule has 0 bridgehead atoms. The van der Waals surface area contributed by atoms with E-state index in [0.717, 1.165) is 11.1 Å². The Balaban J connectivity index is 3.14. The lowest BCUT2D eigenvalue weighted by atomic mass is 10.1. The number of hydrogen-bond acceptors (Lipinski definition) is 0. The SMILES string of the molecule is C[Si](C)(C)C#Cc1[c]cc[c]c1C#C[Si](C)(C)C. The normalized spacial score (nSPS) is 11.0. The minimum Gasteiger partial charge on any atom is -0.127 e. The first kappa shape index (κ1) is 14.8. The van der Waals surface area contributed by atoms with Gasteiger partial charge in [0.25, 0.3) is 0 Å². The van der Waals surface area contributed by atoms with Gasteiger partial charge in [0, 0.05) is 11.1 Å². The Bertz CT molecular complexity index is 484. The maximum absolute atomic E-state index is 3.36. The van der Waals surface area contributed by atoms with Crippen molar-refractivity contribution in [2.45, 2.75) is 39.3 Å². The Morgan fingerprint density at radius 2 is 1.06 bits per heavy atom. The molecule has 0 saturated heterocycles. The molecule has 18 heavy (non-hydrogen) atoms. The van der Waals surface area contributed by atoms with E-state index in [9.17, 15) is 0 Å². The molecule has 0 N–H and O–H groups in total. The van der Waals surface area contributed by atoms with Gasteiger partial charge in [-0.3, -0.25) is 0 Å². The first-order valence-corrected chi connectivity index (χ1v) is 13.2. The third-order valence-corrected chi connectivity index (χ3v) is 3.66. The highest BCUT2D eigenvalue weighted by Crippen LogP contribution is 2.07. The average molecular weight is 269 g/mol. The fraction of sp³-hybridized carbons (Fsp3) is 0.375. The van der Waals surface area contributed by atoms with E-state index in [1.165, 1.54) is 0 Å². The highest BCUT2D eigenvalue weighted by molar-refractivity contribution is 6.84. The van der Waals surface area contributed by atoms with E-state index in [1.54, 1.807) is 0 Å². The van der Waals surface area contributed by atoms with Crippen LogP contribution in [-0.2, 0) is 0 Å². The van der Waals surface area contributed by atoms with Crippen LogP contribution in [0.3, 0.4) is 0 Å². The summed E-state index contributed by atoms with van der Waals surface area (Å²) in [6, 6.07) is 10.1. The molecule has 1 rings (SSSR count). The van der Waals surface area contributed by atoms with Crippen molar-refractivity contribution in [2.24, 2.45) is 0 Å². The van der Waals surface area contributed by atoms with Crippen LogP contribution in [0.2, 0.25) is 39.3 Å². The minimum absolute atomic E-state index is 0.894. The molecule has 0 amide bonds. The van der Waals surface area contributed by atoms with Gasteiger partial charge < -0.3 is 0 Å². The van der Waals surface area contributed by atoms with E-state index in [-0.39, 0.29) is 0 Å². The molecule has 0 aliphatic rings. The summed E-state index contributed by atoms with van der Waals surface area (Å²) in [5.74, 6) is 6.45. The van der Waals surface area contributed by atoms with Crippen LogP contribution in [0.1, 0.15) is 11.1 Å². The summed E-state index contributed by atoms with van der Waals surface area (Å²) in [5, 5.41) is 0. The van der Waals surface area contributed by atoms with Gasteiger partial charge in [0.1, 0.15) is 16.1 Å². The van der Waals surface area contributed by atoms with E-state index in [2.05, 4.69) is 74.3 Å². The Labute approximate surface area is 114 Å². The van der Waals surface area contributed by atoms with Gasteiger partial charge in [-0.1, -0.05) is 63.3 Å².